The molecule has 2 aromatic rings. The van der Waals surface area contributed by atoms with Crippen LogP contribution in [0.25, 0.3) is 0 Å². The summed E-state index contributed by atoms with van der Waals surface area (Å²) in [6.45, 7) is 2.15. The number of hydrogen-bond acceptors (Lipinski definition) is 5. The molecule has 1 aliphatic heterocycles. The van der Waals surface area contributed by atoms with E-state index in [2.05, 4.69) is 15.9 Å². The Morgan fingerprint density at radius 2 is 1.86 bits per heavy atom. The van der Waals surface area contributed by atoms with E-state index in [4.69, 9.17) is 9.47 Å². The van der Waals surface area contributed by atoms with Crippen molar-refractivity contribution < 1.29 is 23.9 Å². The Balaban J connectivity index is 1.41. The summed E-state index contributed by atoms with van der Waals surface area (Å²) >= 11 is 3.30. The molecule has 0 radical (unpaired) electrons. The van der Waals surface area contributed by atoms with Gasteiger partial charge in [0.15, 0.2) is 6.61 Å². The number of carbonyl (C=O) groups excluding carboxylic acids is 3. The van der Waals surface area contributed by atoms with Gasteiger partial charge in [0.05, 0.1) is 17.7 Å². The Labute approximate surface area is 171 Å². The van der Waals surface area contributed by atoms with E-state index in [1.165, 1.54) is 4.90 Å². The average Bonchev–Trinajstić information content (AvgIpc) is 2.93. The number of rotatable bonds is 8. The van der Waals surface area contributed by atoms with Crippen LogP contribution in [0, 0.1) is 0 Å². The fourth-order valence-corrected chi connectivity index (χ4v) is 3.27. The molecule has 0 bridgehead atoms. The summed E-state index contributed by atoms with van der Waals surface area (Å²) in [6, 6.07) is 12.5. The molecule has 1 aliphatic rings. The first-order valence-corrected chi connectivity index (χ1v) is 9.82. The standard InChI is InChI=1S/C21H20BrNO5/c1-2-14-5-3-6-16(11-14)28-13-19(24)27-10-4-9-23-20(25)17-8-7-15(22)12-18(17)21(23)26/h3,5-8,11-12H,2,4,9-10,13H2,1H3. The highest BCUT2D eigenvalue weighted by Crippen LogP contribution is 2.26. The molecular formula is C21H20BrNO5. The lowest BCUT2D eigenvalue weighted by Gasteiger charge is -2.13. The fraction of sp³-hybridized carbons (Fsp3) is 0.286. The summed E-state index contributed by atoms with van der Waals surface area (Å²) < 4.78 is 11.3. The molecule has 2 amide bonds. The number of ether oxygens (including phenoxy) is 2. The number of halogens is 1. The predicted octanol–water partition coefficient (Wildman–Crippen LogP) is 3.62. The van der Waals surface area contributed by atoms with E-state index in [9.17, 15) is 14.4 Å². The van der Waals surface area contributed by atoms with E-state index in [0.717, 1.165) is 16.5 Å². The van der Waals surface area contributed by atoms with Crippen LogP contribution in [-0.2, 0) is 16.0 Å². The zero-order chi connectivity index (χ0) is 20.1. The maximum Gasteiger partial charge on any atom is 0.344 e. The molecule has 28 heavy (non-hydrogen) atoms. The van der Waals surface area contributed by atoms with Crippen molar-refractivity contribution in [3.05, 3.63) is 63.6 Å². The van der Waals surface area contributed by atoms with Crippen LogP contribution in [0.4, 0.5) is 0 Å². The van der Waals surface area contributed by atoms with Gasteiger partial charge in [-0.25, -0.2) is 4.79 Å². The number of imide groups is 1. The minimum atomic E-state index is -0.492. The first-order valence-electron chi connectivity index (χ1n) is 9.02. The van der Waals surface area contributed by atoms with Crippen molar-refractivity contribution in [2.75, 3.05) is 19.8 Å². The van der Waals surface area contributed by atoms with E-state index in [-0.39, 0.29) is 31.6 Å². The summed E-state index contributed by atoms with van der Waals surface area (Å²) in [6.07, 6.45) is 1.25. The quantitative estimate of drug-likeness (QED) is 0.352. The molecule has 146 valence electrons. The van der Waals surface area contributed by atoms with Crippen LogP contribution in [0.1, 0.15) is 39.6 Å². The Kier molecular flexibility index (Phi) is 6.46. The highest BCUT2D eigenvalue weighted by Gasteiger charge is 2.35. The lowest BCUT2D eigenvalue weighted by Crippen LogP contribution is -2.31. The van der Waals surface area contributed by atoms with Gasteiger partial charge in [-0.15, -0.1) is 0 Å². The highest BCUT2D eigenvalue weighted by molar-refractivity contribution is 9.10. The van der Waals surface area contributed by atoms with Gasteiger partial charge >= 0.3 is 5.97 Å². The zero-order valence-corrected chi connectivity index (χ0v) is 17.0. The molecule has 6 nitrogen and oxygen atoms in total. The van der Waals surface area contributed by atoms with Gasteiger partial charge in [-0.2, -0.15) is 0 Å². The fourth-order valence-electron chi connectivity index (χ4n) is 2.91. The van der Waals surface area contributed by atoms with E-state index in [0.29, 0.717) is 23.3 Å². The van der Waals surface area contributed by atoms with E-state index >= 15 is 0 Å². The van der Waals surface area contributed by atoms with E-state index < -0.39 is 5.97 Å². The van der Waals surface area contributed by atoms with Gasteiger partial charge in [-0.1, -0.05) is 35.0 Å². The van der Waals surface area contributed by atoms with Crippen LogP contribution >= 0.6 is 15.9 Å². The second-order valence-corrected chi connectivity index (χ2v) is 7.23. The van der Waals surface area contributed by atoms with Crippen LogP contribution in [0.3, 0.4) is 0 Å². The molecule has 1 heterocycles. The smallest absolute Gasteiger partial charge is 0.344 e. The third-order valence-corrected chi connectivity index (χ3v) is 4.88. The molecule has 2 aromatic carbocycles. The number of aryl methyl sites for hydroxylation is 1. The third-order valence-electron chi connectivity index (χ3n) is 4.39. The molecule has 0 spiro atoms. The molecule has 0 saturated carbocycles. The van der Waals surface area contributed by atoms with Crippen molar-refractivity contribution in [1.29, 1.82) is 0 Å². The number of carbonyl (C=O) groups is 3. The van der Waals surface area contributed by atoms with Crippen LogP contribution in [0.2, 0.25) is 0 Å². The topological polar surface area (TPSA) is 72.9 Å². The number of fused-ring (bicyclic) bond motifs is 1. The van der Waals surface area contributed by atoms with Gasteiger partial charge in [0.25, 0.3) is 11.8 Å². The van der Waals surface area contributed by atoms with Crippen LogP contribution in [0.5, 0.6) is 5.75 Å². The number of esters is 1. The van der Waals surface area contributed by atoms with Gasteiger partial charge < -0.3 is 9.47 Å². The molecule has 7 heteroatoms. The zero-order valence-electron chi connectivity index (χ0n) is 15.4. The molecule has 3 rings (SSSR count). The van der Waals surface area contributed by atoms with Crippen molar-refractivity contribution >= 4 is 33.7 Å². The molecule has 0 aromatic heterocycles. The molecule has 0 atom stereocenters. The summed E-state index contributed by atoms with van der Waals surface area (Å²) in [5.74, 6) is -0.522. The summed E-state index contributed by atoms with van der Waals surface area (Å²) in [5.41, 5.74) is 1.91. The average molecular weight is 446 g/mol. The molecule has 0 N–H and O–H groups in total. The third kappa shape index (κ3) is 4.59. The Bertz CT molecular complexity index is 911. The van der Waals surface area contributed by atoms with Crippen molar-refractivity contribution in [2.45, 2.75) is 19.8 Å². The van der Waals surface area contributed by atoms with Crippen molar-refractivity contribution in [3.63, 3.8) is 0 Å². The van der Waals surface area contributed by atoms with E-state index in [1.54, 1.807) is 24.3 Å². The Hall–Kier alpha value is -2.67. The van der Waals surface area contributed by atoms with Crippen molar-refractivity contribution in [1.82, 2.24) is 4.90 Å². The van der Waals surface area contributed by atoms with Crippen LogP contribution in [0.15, 0.2) is 46.9 Å². The molecule has 0 aliphatic carbocycles. The van der Waals surface area contributed by atoms with Crippen LogP contribution < -0.4 is 4.74 Å². The molecule has 0 fully saturated rings. The predicted molar refractivity (Wildman–Crippen MR) is 106 cm³/mol. The molecule has 0 unspecified atom stereocenters. The lowest BCUT2D eigenvalue weighted by atomic mass is 10.1. The summed E-state index contributed by atoms with van der Waals surface area (Å²) in [7, 11) is 0. The largest absolute Gasteiger partial charge is 0.482 e. The van der Waals surface area contributed by atoms with Gasteiger partial charge in [0, 0.05) is 11.0 Å². The minimum absolute atomic E-state index is 0.105. The van der Waals surface area contributed by atoms with Crippen molar-refractivity contribution in [2.24, 2.45) is 0 Å². The minimum Gasteiger partial charge on any atom is -0.482 e. The normalized spacial score (nSPS) is 12.9. The Morgan fingerprint density at radius 3 is 2.64 bits per heavy atom. The highest BCUT2D eigenvalue weighted by atomic mass is 79.9. The number of hydrogen-bond donors (Lipinski definition) is 0. The summed E-state index contributed by atoms with van der Waals surface area (Å²) in [4.78, 5) is 37.7. The molecular weight excluding hydrogens is 426 g/mol. The lowest BCUT2D eigenvalue weighted by molar-refractivity contribution is -0.146. The monoisotopic (exact) mass is 445 g/mol. The number of benzene rings is 2. The Morgan fingerprint density at radius 1 is 1.07 bits per heavy atom. The number of amides is 2. The van der Waals surface area contributed by atoms with Gasteiger partial charge in [-0.05, 0) is 48.7 Å². The maximum absolute atomic E-state index is 12.4. The van der Waals surface area contributed by atoms with E-state index in [1.807, 2.05) is 25.1 Å². The van der Waals surface area contributed by atoms with Crippen molar-refractivity contribution in [3.8, 4) is 5.75 Å². The second-order valence-electron chi connectivity index (χ2n) is 6.32. The first kappa shape index (κ1) is 20.1. The van der Waals surface area contributed by atoms with Crippen LogP contribution in [-0.4, -0.2) is 42.4 Å². The second kappa shape index (κ2) is 9.01. The summed E-state index contributed by atoms with van der Waals surface area (Å²) in [5, 5.41) is 0. The first-order chi connectivity index (χ1) is 13.5. The van der Waals surface area contributed by atoms with Gasteiger partial charge in [-0.3, -0.25) is 14.5 Å². The van der Waals surface area contributed by atoms with Gasteiger partial charge in [0.1, 0.15) is 5.75 Å². The maximum atomic E-state index is 12.4. The number of nitrogens with zero attached hydrogens (tertiary/aromatic N) is 1. The SMILES string of the molecule is CCc1cccc(OCC(=O)OCCCN2C(=O)c3ccc(Br)cc3C2=O)c1. The van der Waals surface area contributed by atoms with Gasteiger partial charge in [0.2, 0.25) is 0 Å². The molecule has 0 saturated heterocycles.